The molecule has 14 aromatic carbocycles. The van der Waals surface area contributed by atoms with E-state index < -0.39 is 0 Å². The van der Waals surface area contributed by atoms with Crippen molar-refractivity contribution < 1.29 is 0 Å². The van der Waals surface area contributed by atoms with Gasteiger partial charge < -0.3 is 9.80 Å². The van der Waals surface area contributed by atoms with Crippen LogP contribution in [0.15, 0.2) is 291 Å². The normalized spacial score (nSPS) is 12.7. The number of benzene rings is 14. The number of hydrogen-bond acceptors (Lipinski definition) is 2. The summed E-state index contributed by atoms with van der Waals surface area (Å²) in [7, 11) is 0. The first-order valence-electron chi connectivity index (χ1n) is 37.4. The van der Waals surface area contributed by atoms with Crippen molar-refractivity contribution in [3.63, 3.8) is 0 Å². The molecule has 1 aliphatic rings. The third-order valence-electron chi connectivity index (χ3n) is 22.2. The first-order chi connectivity index (χ1) is 50.5. The molecule has 0 bridgehead atoms. The molecule has 1 saturated carbocycles. The second-order valence-corrected chi connectivity index (χ2v) is 29.9. The fourth-order valence-corrected chi connectivity index (χ4v) is 18.1. The molecule has 0 amide bonds. The second-order valence-electron chi connectivity index (χ2n) is 29.9. The second kappa shape index (κ2) is 28.8. The highest BCUT2D eigenvalue weighted by molar-refractivity contribution is 5.97. The van der Waals surface area contributed by atoms with Crippen molar-refractivity contribution in [1.29, 1.82) is 0 Å². The minimum atomic E-state index is -0.213. The molecule has 1 fully saturated rings. The molecular formula is C102H94N2. The van der Waals surface area contributed by atoms with Gasteiger partial charge in [0.2, 0.25) is 0 Å². The Labute approximate surface area is 618 Å². The van der Waals surface area contributed by atoms with E-state index in [9.17, 15) is 0 Å². The lowest BCUT2D eigenvalue weighted by Crippen LogP contribution is -2.30. The van der Waals surface area contributed by atoms with E-state index in [1.807, 2.05) is 0 Å². The zero-order chi connectivity index (χ0) is 71.9. The van der Waals surface area contributed by atoms with Crippen LogP contribution in [-0.2, 0) is 5.41 Å². The molecule has 14 aromatic rings. The highest BCUT2D eigenvalue weighted by Crippen LogP contribution is 2.52. The summed E-state index contributed by atoms with van der Waals surface area (Å²) in [6.45, 7) is 26.8. The number of anilines is 6. The predicted octanol–water partition coefficient (Wildman–Crippen LogP) is 28.9. The molecular weight excluding hydrogens is 1250 g/mol. The molecule has 512 valence electrons. The number of aryl methyl sites for hydroxylation is 12. The van der Waals surface area contributed by atoms with Crippen LogP contribution in [0.3, 0.4) is 0 Å². The number of rotatable bonds is 16. The number of para-hydroxylation sites is 4. The lowest BCUT2D eigenvalue weighted by molar-refractivity contribution is 0.346. The lowest BCUT2D eigenvalue weighted by Gasteiger charge is -2.39. The van der Waals surface area contributed by atoms with Crippen LogP contribution in [0, 0.1) is 83.1 Å². The fourth-order valence-electron chi connectivity index (χ4n) is 18.1. The monoisotopic (exact) mass is 1350 g/mol. The average molecular weight is 1350 g/mol. The molecule has 0 unspecified atom stereocenters. The van der Waals surface area contributed by atoms with Crippen LogP contribution >= 0.6 is 0 Å². The molecule has 0 aliphatic heterocycles. The van der Waals surface area contributed by atoms with Crippen LogP contribution in [0.25, 0.3) is 89.0 Å². The highest BCUT2D eigenvalue weighted by Gasteiger charge is 2.37. The predicted molar refractivity (Wildman–Crippen MR) is 446 cm³/mol. The Balaban J connectivity index is 0.864. The van der Waals surface area contributed by atoms with Gasteiger partial charge in [-0.2, -0.15) is 0 Å². The van der Waals surface area contributed by atoms with E-state index in [2.05, 4.69) is 384 Å². The quantitative estimate of drug-likeness (QED) is 0.0951. The molecule has 0 saturated heterocycles. The SMILES string of the molecule is Cc1cc(C)c(-c2cccc(-c3ccccc3N(c3ccc(C4(c5ccc(N(c6ccccc6-c6cccc(-c7c(C)cc(C)cc7C)c6)c6ccccc6-c6cccc(-c7c(C)cc(C)cc7C)c6)cc5)CCCCC4)cc3)c3ccccc3-c3cccc(-c4c(C)cc(C)cc4C)c3)c2)c(C)c1. The van der Waals surface area contributed by atoms with E-state index in [4.69, 9.17) is 0 Å². The summed E-state index contributed by atoms with van der Waals surface area (Å²) in [5, 5.41) is 0. The maximum Gasteiger partial charge on any atom is 0.0540 e. The summed E-state index contributed by atoms with van der Waals surface area (Å²) in [5.74, 6) is 0. The van der Waals surface area contributed by atoms with Gasteiger partial charge in [0.1, 0.15) is 0 Å². The van der Waals surface area contributed by atoms with E-state index in [1.165, 1.54) is 173 Å². The topological polar surface area (TPSA) is 6.48 Å². The zero-order valence-electron chi connectivity index (χ0n) is 62.6. The van der Waals surface area contributed by atoms with Crippen molar-refractivity contribution in [2.75, 3.05) is 9.80 Å². The third kappa shape index (κ3) is 13.2. The van der Waals surface area contributed by atoms with Gasteiger partial charge in [-0.05, 0) is 291 Å². The van der Waals surface area contributed by atoms with Gasteiger partial charge in [0.15, 0.2) is 0 Å². The largest absolute Gasteiger partial charge is 0.309 e. The Morgan fingerprint density at radius 3 is 0.673 bits per heavy atom. The van der Waals surface area contributed by atoms with Crippen LogP contribution in [0.5, 0.6) is 0 Å². The molecule has 2 nitrogen and oxygen atoms in total. The standard InChI is InChI=1S/C102H94N2/c1-66-54-70(5)98(71(6)55-66)82-32-24-28-78(62-82)90-36-14-18-40-94(90)103(95-41-19-15-37-91(95)79-29-25-33-83(63-79)99-72(7)56-67(2)57-73(99)8)88-48-44-86(45-49-88)102(52-22-13-23-53-102)87-46-50-89(51-47-87)104(96-42-20-16-38-92(96)80-30-26-34-84(64-80)100-74(9)58-68(3)59-75(100)10)97-43-21-17-39-93(97)81-31-27-35-85(65-81)101-76(11)60-69(4)61-77(101)12/h14-21,24-51,54-65H,13,22-23,52-53H2,1-12H3. The summed E-state index contributed by atoms with van der Waals surface area (Å²) >= 11 is 0. The number of nitrogens with zero attached hydrogens (tertiary/aromatic N) is 2. The first-order valence-corrected chi connectivity index (χ1v) is 37.4. The zero-order valence-corrected chi connectivity index (χ0v) is 62.6. The van der Waals surface area contributed by atoms with Gasteiger partial charge in [0, 0.05) is 39.0 Å². The van der Waals surface area contributed by atoms with Crippen molar-refractivity contribution in [3.05, 3.63) is 369 Å². The molecule has 0 N–H and O–H groups in total. The molecule has 104 heavy (non-hydrogen) atoms. The van der Waals surface area contributed by atoms with Crippen molar-refractivity contribution in [3.8, 4) is 89.0 Å². The fraction of sp³-hybridized carbons (Fsp3) is 0.176. The smallest absolute Gasteiger partial charge is 0.0540 e. The Hall–Kier alpha value is -11.3. The summed E-state index contributed by atoms with van der Waals surface area (Å²) < 4.78 is 0. The molecule has 0 spiro atoms. The minimum Gasteiger partial charge on any atom is -0.309 e. The summed E-state index contributed by atoms with van der Waals surface area (Å²) in [6.07, 6.45) is 5.67. The summed E-state index contributed by atoms with van der Waals surface area (Å²) in [4.78, 5) is 5.07. The molecule has 1 aliphatic carbocycles. The Bertz CT molecular complexity index is 4840. The molecule has 15 rings (SSSR count). The van der Waals surface area contributed by atoms with Crippen molar-refractivity contribution in [2.24, 2.45) is 0 Å². The molecule has 0 atom stereocenters. The Morgan fingerprint density at radius 1 is 0.212 bits per heavy atom. The average Bonchev–Trinajstić information content (AvgIpc) is 0.747. The summed E-state index contributed by atoms with van der Waals surface area (Å²) in [5.41, 5.74) is 44.1. The van der Waals surface area contributed by atoms with Gasteiger partial charge >= 0.3 is 0 Å². The van der Waals surface area contributed by atoms with E-state index >= 15 is 0 Å². The Kier molecular flexibility index (Phi) is 19.0. The maximum atomic E-state index is 2.53. The van der Waals surface area contributed by atoms with Crippen LogP contribution in [0.2, 0.25) is 0 Å². The van der Waals surface area contributed by atoms with Gasteiger partial charge in [0.05, 0.1) is 22.7 Å². The van der Waals surface area contributed by atoms with Crippen LogP contribution in [0.4, 0.5) is 34.1 Å². The summed E-state index contributed by atoms with van der Waals surface area (Å²) in [6, 6.07) is 111. The van der Waals surface area contributed by atoms with E-state index in [1.54, 1.807) is 0 Å². The van der Waals surface area contributed by atoms with Crippen molar-refractivity contribution in [1.82, 2.24) is 0 Å². The van der Waals surface area contributed by atoms with Crippen LogP contribution in [-0.4, -0.2) is 0 Å². The van der Waals surface area contributed by atoms with Crippen LogP contribution in [0.1, 0.15) is 110 Å². The van der Waals surface area contributed by atoms with Crippen LogP contribution < -0.4 is 9.80 Å². The minimum absolute atomic E-state index is 0.213. The molecule has 2 heteroatoms. The van der Waals surface area contributed by atoms with Crippen molar-refractivity contribution in [2.45, 2.75) is 121 Å². The maximum absolute atomic E-state index is 2.53. The van der Waals surface area contributed by atoms with Gasteiger partial charge in [0.25, 0.3) is 0 Å². The van der Waals surface area contributed by atoms with Gasteiger partial charge in [-0.1, -0.05) is 260 Å². The molecule has 0 radical (unpaired) electrons. The van der Waals surface area contributed by atoms with E-state index in [-0.39, 0.29) is 5.41 Å². The molecule has 0 aromatic heterocycles. The van der Waals surface area contributed by atoms with E-state index in [0.717, 1.165) is 59.8 Å². The van der Waals surface area contributed by atoms with E-state index in [0.29, 0.717) is 0 Å². The number of hydrogen-bond donors (Lipinski definition) is 0. The highest BCUT2D eigenvalue weighted by atomic mass is 15.2. The molecule has 0 heterocycles. The first kappa shape index (κ1) is 68.4. The van der Waals surface area contributed by atoms with Gasteiger partial charge in [-0.15, -0.1) is 0 Å². The van der Waals surface area contributed by atoms with Gasteiger partial charge in [-0.25, -0.2) is 0 Å². The third-order valence-corrected chi connectivity index (χ3v) is 22.2. The Morgan fingerprint density at radius 2 is 0.433 bits per heavy atom. The van der Waals surface area contributed by atoms with Gasteiger partial charge in [-0.3, -0.25) is 0 Å². The lowest BCUT2D eigenvalue weighted by atomic mass is 9.65. The van der Waals surface area contributed by atoms with Crippen molar-refractivity contribution >= 4 is 34.1 Å².